The van der Waals surface area contributed by atoms with Crippen LogP contribution in [0.15, 0.2) is 60.1 Å². The van der Waals surface area contributed by atoms with Crippen molar-refractivity contribution in [3.05, 3.63) is 66.5 Å². The molecule has 1 aromatic carbocycles. The Balaban J connectivity index is 2.23. The number of sulfonamides is 1. The lowest BCUT2D eigenvalue weighted by atomic mass is 10.2. The van der Waals surface area contributed by atoms with Crippen LogP contribution in [0.25, 0.3) is 0 Å². The van der Waals surface area contributed by atoms with Crippen LogP contribution in [0.1, 0.15) is 11.3 Å². The van der Waals surface area contributed by atoms with E-state index >= 15 is 0 Å². The normalized spacial score (nSPS) is 11.6. The third-order valence-electron chi connectivity index (χ3n) is 4.63. The number of carbonyl (C=O) groups is 1. The highest BCUT2D eigenvalue weighted by atomic mass is 32.2. The fourth-order valence-corrected chi connectivity index (χ4v) is 4.21. The largest absolute Gasteiger partial charge is 0.383 e. The molecule has 8 heteroatoms. The second kappa shape index (κ2) is 10.4. The van der Waals surface area contributed by atoms with Gasteiger partial charge < -0.3 is 14.2 Å². The molecular weight excluding hydrogens is 390 g/mol. The van der Waals surface area contributed by atoms with Crippen LogP contribution in [0.3, 0.4) is 0 Å². The number of benzene rings is 1. The van der Waals surface area contributed by atoms with Crippen molar-refractivity contribution in [2.45, 2.75) is 18.4 Å². The van der Waals surface area contributed by atoms with E-state index in [1.807, 2.05) is 36.9 Å². The van der Waals surface area contributed by atoms with Gasteiger partial charge in [-0.1, -0.05) is 23.8 Å². The Bertz CT molecular complexity index is 920. The van der Waals surface area contributed by atoms with Gasteiger partial charge in [-0.3, -0.25) is 4.79 Å². The molecule has 1 amide bonds. The third-order valence-corrected chi connectivity index (χ3v) is 6.45. The summed E-state index contributed by atoms with van der Waals surface area (Å²) in [6, 6.07) is 10.4. The number of aryl methyl sites for hydroxylation is 2. The van der Waals surface area contributed by atoms with Gasteiger partial charge in [0.25, 0.3) is 0 Å². The van der Waals surface area contributed by atoms with Gasteiger partial charge in [-0.25, -0.2) is 8.42 Å². The van der Waals surface area contributed by atoms with Crippen molar-refractivity contribution in [1.82, 2.24) is 13.8 Å². The maximum atomic E-state index is 13.1. The predicted octanol–water partition coefficient (Wildman–Crippen LogP) is 2.19. The van der Waals surface area contributed by atoms with Crippen LogP contribution in [-0.2, 0) is 33.1 Å². The van der Waals surface area contributed by atoms with Crippen LogP contribution >= 0.6 is 0 Å². The van der Waals surface area contributed by atoms with E-state index in [1.165, 1.54) is 6.08 Å². The van der Waals surface area contributed by atoms with Gasteiger partial charge >= 0.3 is 0 Å². The van der Waals surface area contributed by atoms with Gasteiger partial charge in [-0.15, -0.1) is 6.58 Å². The van der Waals surface area contributed by atoms with Gasteiger partial charge in [0, 0.05) is 39.1 Å². The number of nitrogens with zero attached hydrogens (tertiary/aromatic N) is 3. The van der Waals surface area contributed by atoms with Gasteiger partial charge in [0.15, 0.2) is 0 Å². The molecule has 0 aliphatic rings. The Morgan fingerprint density at radius 1 is 1.24 bits per heavy atom. The zero-order valence-corrected chi connectivity index (χ0v) is 18.1. The summed E-state index contributed by atoms with van der Waals surface area (Å²) in [6.07, 6.45) is 3.38. The van der Waals surface area contributed by atoms with Crippen molar-refractivity contribution in [1.29, 1.82) is 0 Å². The summed E-state index contributed by atoms with van der Waals surface area (Å²) < 4.78 is 34.3. The number of rotatable bonds is 11. The molecular formula is C21H29N3O4S. The highest BCUT2D eigenvalue weighted by molar-refractivity contribution is 7.89. The topological polar surface area (TPSA) is 71.8 Å². The van der Waals surface area contributed by atoms with Gasteiger partial charge in [0.1, 0.15) is 0 Å². The first kappa shape index (κ1) is 22.9. The predicted molar refractivity (Wildman–Crippen MR) is 113 cm³/mol. The molecule has 7 nitrogen and oxygen atoms in total. The number of carbonyl (C=O) groups excluding carboxylic acids is 1. The van der Waals surface area contributed by atoms with Crippen LogP contribution in [-0.4, -0.2) is 61.4 Å². The summed E-state index contributed by atoms with van der Waals surface area (Å²) in [5, 5.41) is 0. The van der Waals surface area contributed by atoms with E-state index in [0.29, 0.717) is 19.7 Å². The molecule has 0 N–H and O–H groups in total. The second-order valence-electron chi connectivity index (χ2n) is 6.82. The first-order chi connectivity index (χ1) is 13.8. The lowest BCUT2D eigenvalue weighted by molar-refractivity contribution is -0.132. The SMILES string of the molecule is C=CCN(CC(=O)N(CCOC)Cc1cccn1C)S(=O)(=O)c1ccc(C)cc1. The monoisotopic (exact) mass is 419 g/mol. The van der Waals surface area contributed by atoms with E-state index in [1.54, 1.807) is 36.3 Å². The molecule has 1 aromatic heterocycles. The highest BCUT2D eigenvalue weighted by Crippen LogP contribution is 2.17. The molecule has 0 saturated heterocycles. The quantitative estimate of drug-likeness (QED) is 0.524. The number of aromatic nitrogens is 1. The summed E-state index contributed by atoms with van der Waals surface area (Å²) in [5.41, 5.74) is 1.91. The van der Waals surface area contributed by atoms with Gasteiger partial charge in [-0.05, 0) is 31.2 Å². The van der Waals surface area contributed by atoms with E-state index in [9.17, 15) is 13.2 Å². The van der Waals surface area contributed by atoms with Crippen molar-refractivity contribution in [3.8, 4) is 0 Å². The zero-order valence-electron chi connectivity index (χ0n) is 17.2. The van der Waals surface area contributed by atoms with Crippen molar-refractivity contribution in [2.75, 3.05) is 33.4 Å². The number of amides is 1. The maximum absolute atomic E-state index is 13.1. The van der Waals surface area contributed by atoms with E-state index in [0.717, 1.165) is 15.6 Å². The molecule has 2 aromatic rings. The van der Waals surface area contributed by atoms with Gasteiger partial charge in [0.05, 0.1) is 24.6 Å². The Kier molecular flexibility index (Phi) is 8.19. The molecule has 0 bridgehead atoms. The van der Waals surface area contributed by atoms with Crippen LogP contribution in [0, 0.1) is 6.92 Å². The molecule has 29 heavy (non-hydrogen) atoms. The number of hydrogen-bond acceptors (Lipinski definition) is 4. The minimum Gasteiger partial charge on any atom is -0.383 e. The van der Waals surface area contributed by atoms with E-state index in [4.69, 9.17) is 4.74 Å². The first-order valence-electron chi connectivity index (χ1n) is 9.34. The Labute approximate surface area is 173 Å². The molecule has 2 rings (SSSR count). The molecule has 0 aliphatic heterocycles. The third kappa shape index (κ3) is 6.03. The number of methoxy groups -OCH3 is 1. The lowest BCUT2D eigenvalue weighted by Crippen LogP contribution is -2.44. The lowest BCUT2D eigenvalue weighted by Gasteiger charge is -2.27. The summed E-state index contributed by atoms with van der Waals surface area (Å²) in [7, 11) is -0.352. The average molecular weight is 420 g/mol. The van der Waals surface area contributed by atoms with Crippen LogP contribution < -0.4 is 0 Å². The zero-order chi connectivity index (χ0) is 21.4. The molecule has 0 spiro atoms. The number of ether oxygens (including phenoxy) is 1. The van der Waals surface area contributed by atoms with Crippen molar-refractivity contribution < 1.29 is 17.9 Å². The van der Waals surface area contributed by atoms with Crippen molar-refractivity contribution in [3.63, 3.8) is 0 Å². The van der Waals surface area contributed by atoms with E-state index in [2.05, 4.69) is 6.58 Å². The van der Waals surface area contributed by atoms with Crippen LogP contribution in [0.5, 0.6) is 0 Å². The standard InChI is InChI=1S/C21H29N3O4S/c1-5-12-24(29(26,27)20-10-8-18(2)9-11-20)17-21(25)23(14-15-28-4)16-19-7-6-13-22(19)3/h5-11,13H,1,12,14-17H2,2-4H3. The fourth-order valence-electron chi connectivity index (χ4n) is 2.85. The maximum Gasteiger partial charge on any atom is 0.243 e. The van der Waals surface area contributed by atoms with Crippen LogP contribution in [0.2, 0.25) is 0 Å². The first-order valence-corrected chi connectivity index (χ1v) is 10.8. The molecule has 0 radical (unpaired) electrons. The molecule has 0 aliphatic carbocycles. The molecule has 0 unspecified atom stereocenters. The molecule has 0 atom stereocenters. The molecule has 158 valence electrons. The Morgan fingerprint density at radius 3 is 2.48 bits per heavy atom. The summed E-state index contributed by atoms with van der Waals surface area (Å²) in [5.74, 6) is -0.291. The van der Waals surface area contributed by atoms with E-state index in [-0.39, 0.29) is 23.9 Å². The average Bonchev–Trinajstić information content (AvgIpc) is 3.09. The summed E-state index contributed by atoms with van der Waals surface area (Å²) >= 11 is 0. The van der Waals surface area contributed by atoms with Gasteiger partial charge in [-0.2, -0.15) is 4.31 Å². The molecule has 1 heterocycles. The van der Waals surface area contributed by atoms with Crippen LogP contribution in [0.4, 0.5) is 0 Å². The highest BCUT2D eigenvalue weighted by Gasteiger charge is 2.28. The smallest absolute Gasteiger partial charge is 0.243 e. The van der Waals surface area contributed by atoms with Crippen molar-refractivity contribution in [2.24, 2.45) is 7.05 Å². The summed E-state index contributed by atoms with van der Waals surface area (Å²) in [6.45, 7) is 6.41. The summed E-state index contributed by atoms with van der Waals surface area (Å²) in [4.78, 5) is 14.8. The van der Waals surface area contributed by atoms with E-state index < -0.39 is 10.0 Å². The Morgan fingerprint density at radius 2 is 1.93 bits per heavy atom. The minimum atomic E-state index is -3.82. The molecule has 0 saturated carbocycles. The minimum absolute atomic E-state index is 0.0459. The fraction of sp³-hybridized carbons (Fsp3) is 0.381. The number of hydrogen-bond donors (Lipinski definition) is 0. The van der Waals surface area contributed by atoms with Crippen molar-refractivity contribution >= 4 is 15.9 Å². The van der Waals surface area contributed by atoms with Gasteiger partial charge in [0.2, 0.25) is 15.9 Å². The molecule has 0 fully saturated rings. The second-order valence-corrected chi connectivity index (χ2v) is 8.76. The Hall–Kier alpha value is -2.42.